The quantitative estimate of drug-likeness (QED) is 0.437. The van der Waals surface area contributed by atoms with Gasteiger partial charge in [0.05, 0.1) is 0 Å². The lowest BCUT2D eigenvalue weighted by molar-refractivity contribution is -0.114. The Labute approximate surface area is 170 Å². The monoisotopic (exact) mass is 370 g/mol. The van der Waals surface area contributed by atoms with Gasteiger partial charge in [0.25, 0.3) is 0 Å². The molecule has 0 unspecified atom stereocenters. The van der Waals surface area contributed by atoms with Crippen LogP contribution in [-0.2, 0) is 0 Å². The number of allylic oxidation sites excluding steroid dienone is 2. The lowest BCUT2D eigenvalue weighted by Gasteiger charge is -2.61. The molecule has 0 radical (unpaired) electrons. The number of hydrogen-bond donors (Lipinski definition) is 0. The zero-order chi connectivity index (χ0) is 19.2. The molecule has 4 aliphatic rings. The van der Waals surface area contributed by atoms with Crippen LogP contribution in [0.25, 0.3) is 0 Å². The fourth-order valence-corrected chi connectivity index (χ4v) is 9.00. The smallest absolute Gasteiger partial charge is 0.0264 e. The van der Waals surface area contributed by atoms with E-state index in [1.54, 1.807) is 38.5 Å². The average molecular weight is 371 g/mol. The second-order valence-corrected chi connectivity index (χ2v) is 12.0. The Kier molecular flexibility index (Phi) is 5.59. The van der Waals surface area contributed by atoms with Gasteiger partial charge >= 0.3 is 0 Å². The van der Waals surface area contributed by atoms with Crippen LogP contribution in [0.1, 0.15) is 105 Å². The molecule has 4 fully saturated rings. The molecule has 4 saturated carbocycles. The molecule has 0 N–H and O–H groups in total. The lowest BCUT2D eigenvalue weighted by Crippen LogP contribution is -2.53. The summed E-state index contributed by atoms with van der Waals surface area (Å²) in [4.78, 5) is 0. The lowest BCUT2D eigenvalue weighted by atomic mass is 9.44. The molecular formula is C27H46. The van der Waals surface area contributed by atoms with Crippen molar-refractivity contribution in [3.63, 3.8) is 0 Å². The van der Waals surface area contributed by atoms with E-state index in [0.717, 1.165) is 35.5 Å². The first-order valence-electron chi connectivity index (χ1n) is 12.5. The standard InChI is InChI=1S/C27H46/c1-19(2)9-8-10-20(3)23-14-15-24-22-13-12-21-11-6-7-17-26(21,4)25(22)16-18-27(23,24)5/h8-9,19-25H,6-7,10-18H2,1-5H3/t20-,21+,22+,23-,24+,25+,26+,27-/m1/s1. The van der Waals surface area contributed by atoms with Gasteiger partial charge < -0.3 is 0 Å². The summed E-state index contributed by atoms with van der Waals surface area (Å²) in [6.45, 7) is 12.6. The van der Waals surface area contributed by atoms with Crippen molar-refractivity contribution in [2.75, 3.05) is 0 Å². The minimum absolute atomic E-state index is 0.643. The molecule has 27 heavy (non-hydrogen) atoms. The molecule has 154 valence electrons. The summed E-state index contributed by atoms with van der Waals surface area (Å²) < 4.78 is 0. The Morgan fingerprint density at radius 2 is 1.59 bits per heavy atom. The van der Waals surface area contributed by atoms with E-state index in [2.05, 4.69) is 46.8 Å². The Morgan fingerprint density at radius 1 is 0.815 bits per heavy atom. The van der Waals surface area contributed by atoms with E-state index < -0.39 is 0 Å². The predicted molar refractivity (Wildman–Crippen MR) is 118 cm³/mol. The summed E-state index contributed by atoms with van der Waals surface area (Å²) >= 11 is 0. The van der Waals surface area contributed by atoms with Crippen LogP contribution in [0.5, 0.6) is 0 Å². The van der Waals surface area contributed by atoms with E-state index in [1.165, 1.54) is 32.1 Å². The maximum Gasteiger partial charge on any atom is -0.0264 e. The molecule has 0 aromatic heterocycles. The third kappa shape index (κ3) is 3.36. The van der Waals surface area contributed by atoms with Crippen LogP contribution in [0.2, 0.25) is 0 Å². The van der Waals surface area contributed by atoms with E-state index in [-0.39, 0.29) is 0 Å². The fourth-order valence-electron chi connectivity index (χ4n) is 9.00. The van der Waals surface area contributed by atoms with Gasteiger partial charge in [-0.15, -0.1) is 0 Å². The van der Waals surface area contributed by atoms with Crippen molar-refractivity contribution in [2.45, 2.75) is 105 Å². The Balaban J connectivity index is 1.49. The largest absolute Gasteiger partial charge is 0.0880 e. The number of hydrogen-bond acceptors (Lipinski definition) is 0. The van der Waals surface area contributed by atoms with Gasteiger partial charge in [-0.1, -0.05) is 59.6 Å². The molecule has 8 atom stereocenters. The normalized spacial score (nSPS) is 48.3. The third-order valence-corrected chi connectivity index (χ3v) is 10.4. The summed E-state index contributed by atoms with van der Waals surface area (Å²) in [5.74, 6) is 6.76. The molecule has 0 heterocycles. The third-order valence-electron chi connectivity index (χ3n) is 10.4. The predicted octanol–water partition coefficient (Wildman–Crippen LogP) is 8.27. The molecule has 4 rings (SSSR count). The van der Waals surface area contributed by atoms with Gasteiger partial charge in [-0.05, 0) is 110 Å². The molecule has 0 nitrogen and oxygen atoms in total. The zero-order valence-corrected chi connectivity index (χ0v) is 19.0. The molecule has 4 aliphatic carbocycles. The van der Waals surface area contributed by atoms with Crippen LogP contribution in [-0.4, -0.2) is 0 Å². The van der Waals surface area contributed by atoms with Crippen molar-refractivity contribution in [2.24, 2.45) is 52.3 Å². The van der Waals surface area contributed by atoms with E-state index >= 15 is 0 Å². The maximum absolute atomic E-state index is 2.73. The highest BCUT2D eigenvalue weighted by atomic mass is 14.6. The van der Waals surface area contributed by atoms with Crippen LogP contribution in [0, 0.1) is 52.3 Å². The van der Waals surface area contributed by atoms with Gasteiger partial charge in [-0.25, -0.2) is 0 Å². The van der Waals surface area contributed by atoms with E-state index in [0.29, 0.717) is 16.7 Å². The number of rotatable bonds is 4. The zero-order valence-electron chi connectivity index (χ0n) is 19.0. The first-order chi connectivity index (χ1) is 12.9. The molecule has 0 aliphatic heterocycles. The number of fused-ring (bicyclic) bond motifs is 5. The minimum atomic E-state index is 0.643. The fraction of sp³-hybridized carbons (Fsp3) is 0.926. The molecule has 0 spiro atoms. The van der Waals surface area contributed by atoms with Gasteiger partial charge in [0.1, 0.15) is 0 Å². The van der Waals surface area contributed by atoms with Gasteiger partial charge in [0.2, 0.25) is 0 Å². The van der Waals surface area contributed by atoms with E-state index in [4.69, 9.17) is 0 Å². The molecule has 0 amide bonds. The second-order valence-electron chi connectivity index (χ2n) is 12.0. The molecule has 0 bridgehead atoms. The van der Waals surface area contributed by atoms with Crippen molar-refractivity contribution >= 4 is 0 Å². The molecule has 0 saturated heterocycles. The molecule has 0 aromatic rings. The highest BCUT2D eigenvalue weighted by Crippen LogP contribution is 2.68. The van der Waals surface area contributed by atoms with Crippen LogP contribution in [0.3, 0.4) is 0 Å². The minimum Gasteiger partial charge on any atom is -0.0880 e. The van der Waals surface area contributed by atoms with E-state index in [1.807, 2.05) is 0 Å². The first kappa shape index (κ1) is 20.0. The Hall–Kier alpha value is -0.260. The van der Waals surface area contributed by atoms with Crippen LogP contribution >= 0.6 is 0 Å². The van der Waals surface area contributed by atoms with Gasteiger partial charge in [0, 0.05) is 0 Å². The van der Waals surface area contributed by atoms with Crippen LogP contribution < -0.4 is 0 Å². The van der Waals surface area contributed by atoms with Gasteiger partial charge in [-0.2, -0.15) is 0 Å². The van der Waals surface area contributed by atoms with Crippen LogP contribution in [0.15, 0.2) is 12.2 Å². The van der Waals surface area contributed by atoms with Crippen LogP contribution in [0.4, 0.5) is 0 Å². The average Bonchev–Trinajstić information content (AvgIpc) is 2.98. The van der Waals surface area contributed by atoms with Gasteiger partial charge in [0.15, 0.2) is 0 Å². The van der Waals surface area contributed by atoms with E-state index in [9.17, 15) is 0 Å². The van der Waals surface area contributed by atoms with Gasteiger partial charge in [-0.3, -0.25) is 0 Å². The van der Waals surface area contributed by atoms with Crippen molar-refractivity contribution in [3.05, 3.63) is 12.2 Å². The summed E-state index contributed by atoms with van der Waals surface area (Å²) in [5, 5.41) is 0. The van der Waals surface area contributed by atoms with Crippen molar-refractivity contribution in [3.8, 4) is 0 Å². The molecular weight excluding hydrogens is 324 g/mol. The Bertz CT molecular complexity index is 544. The van der Waals surface area contributed by atoms with Crippen molar-refractivity contribution in [1.29, 1.82) is 0 Å². The summed E-state index contributed by atoms with van der Waals surface area (Å²) in [5.41, 5.74) is 1.34. The molecule has 0 heteroatoms. The first-order valence-corrected chi connectivity index (χ1v) is 12.5. The van der Waals surface area contributed by atoms with Crippen molar-refractivity contribution in [1.82, 2.24) is 0 Å². The maximum atomic E-state index is 2.73. The Morgan fingerprint density at radius 3 is 2.37 bits per heavy atom. The molecule has 0 aromatic carbocycles. The summed E-state index contributed by atoms with van der Waals surface area (Å²) in [6.07, 6.45) is 21.6. The topological polar surface area (TPSA) is 0 Å². The SMILES string of the molecule is CC(C)C=CC[C@@H](C)[C@H]1CC[C@H]2[C@@H]3CC[C@@H]4CCCC[C@]4(C)[C@H]3CC[C@]12C. The summed E-state index contributed by atoms with van der Waals surface area (Å²) in [6, 6.07) is 0. The van der Waals surface area contributed by atoms with Crippen molar-refractivity contribution < 1.29 is 0 Å². The second kappa shape index (κ2) is 7.53. The highest BCUT2D eigenvalue weighted by molar-refractivity contribution is 5.09. The summed E-state index contributed by atoms with van der Waals surface area (Å²) in [7, 11) is 0. The highest BCUT2D eigenvalue weighted by Gasteiger charge is 2.59.